The molecule has 2 rings (SSSR count). The van der Waals surface area contributed by atoms with Gasteiger partial charge in [-0.3, -0.25) is 14.6 Å². The van der Waals surface area contributed by atoms with Crippen molar-refractivity contribution in [2.75, 3.05) is 40.8 Å². The third kappa shape index (κ3) is 8.14. The summed E-state index contributed by atoms with van der Waals surface area (Å²) in [6.07, 6.45) is 2.22. The van der Waals surface area contributed by atoms with Crippen molar-refractivity contribution in [2.45, 2.75) is 6.42 Å². The van der Waals surface area contributed by atoms with E-state index in [0.717, 1.165) is 12.0 Å². The fourth-order valence-corrected chi connectivity index (χ4v) is 2.52. The Morgan fingerprint density at radius 3 is 2.41 bits per heavy atom. The molecule has 8 nitrogen and oxygen atoms in total. The van der Waals surface area contributed by atoms with Gasteiger partial charge in [-0.2, -0.15) is 0 Å². The normalized spacial score (nSPS) is 10.7. The quantitative estimate of drug-likeness (QED) is 0.216. The largest absolute Gasteiger partial charge is 0.459 e. The number of nitrogens with one attached hydrogen (secondary N) is 3. The van der Waals surface area contributed by atoms with E-state index in [1.54, 1.807) is 38.2 Å². The van der Waals surface area contributed by atoms with Gasteiger partial charge in [-0.25, -0.2) is 0 Å². The number of rotatable bonds is 8. The standard InChI is InChI=1S/C20H27N5O3.HI/c1-21-20(24-12-11-22-18(26)17-8-5-13-28-17)23-10-9-15-6-4-7-16(14-15)19(27)25(2)3;/h4-8,13-14H,9-12H2,1-3H3,(H,22,26)(H2,21,23,24);1H. The molecule has 1 heterocycles. The molecule has 0 spiro atoms. The Hall–Kier alpha value is -2.56. The van der Waals surface area contributed by atoms with Crippen molar-refractivity contribution in [1.29, 1.82) is 0 Å². The van der Waals surface area contributed by atoms with Crippen molar-refractivity contribution in [1.82, 2.24) is 20.9 Å². The molecule has 0 unspecified atom stereocenters. The number of furan rings is 1. The summed E-state index contributed by atoms with van der Waals surface area (Å²) in [5.74, 6) is 0.677. The highest BCUT2D eigenvalue weighted by molar-refractivity contribution is 14.0. The van der Waals surface area contributed by atoms with Gasteiger partial charge in [0, 0.05) is 46.3 Å². The van der Waals surface area contributed by atoms with Gasteiger partial charge in [0.25, 0.3) is 11.8 Å². The molecule has 29 heavy (non-hydrogen) atoms. The lowest BCUT2D eigenvalue weighted by molar-refractivity contribution is 0.0827. The zero-order chi connectivity index (χ0) is 20.4. The van der Waals surface area contributed by atoms with Gasteiger partial charge in [0.15, 0.2) is 11.7 Å². The first-order chi connectivity index (χ1) is 13.5. The number of hydrogen-bond donors (Lipinski definition) is 3. The van der Waals surface area contributed by atoms with Crippen LogP contribution in [-0.4, -0.2) is 63.5 Å². The summed E-state index contributed by atoms with van der Waals surface area (Å²) >= 11 is 0. The molecule has 0 radical (unpaired) electrons. The van der Waals surface area contributed by atoms with Gasteiger partial charge < -0.3 is 25.3 Å². The van der Waals surface area contributed by atoms with Crippen LogP contribution < -0.4 is 16.0 Å². The van der Waals surface area contributed by atoms with E-state index >= 15 is 0 Å². The summed E-state index contributed by atoms with van der Waals surface area (Å²) in [7, 11) is 5.17. The molecule has 3 N–H and O–H groups in total. The van der Waals surface area contributed by atoms with Crippen LogP contribution in [0.15, 0.2) is 52.1 Å². The van der Waals surface area contributed by atoms with Crippen LogP contribution in [0.1, 0.15) is 26.5 Å². The maximum atomic E-state index is 12.0. The third-order valence-electron chi connectivity index (χ3n) is 3.96. The number of carbonyl (C=O) groups excluding carboxylic acids is 2. The number of carbonyl (C=O) groups is 2. The van der Waals surface area contributed by atoms with Crippen molar-refractivity contribution in [3.05, 3.63) is 59.5 Å². The van der Waals surface area contributed by atoms with Crippen molar-refractivity contribution < 1.29 is 14.0 Å². The lowest BCUT2D eigenvalue weighted by atomic mass is 10.1. The fourth-order valence-electron chi connectivity index (χ4n) is 2.52. The summed E-state index contributed by atoms with van der Waals surface area (Å²) in [4.78, 5) is 29.5. The minimum Gasteiger partial charge on any atom is -0.459 e. The van der Waals surface area contributed by atoms with Gasteiger partial charge in [0.2, 0.25) is 0 Å². The Balaban J connectivity index is 0.00000420. The third-order valence-corrected chi connectivity index (χ3v) is 3.96. The minimum absolute atomic E-state index is 0. The summed E-state index contributed by atoms with van der Waals surface area (Å²) < 4.78 is 5.03. The van der Waals surface area contributed by atoms with Crippen LogP contribution in [0, 0.1) is 0 Å². The number of amides is 2. The van der Waals surface area contributed by atoms with E-state index in [0.29, 0.717) is 31.2 Å². The first-order valence-corrected chi connectivity index (χ1v) is 9.08. The number of halogens is 1. The van der Waals surface area contributed by atoms with Gasteiger partial charge in [-0.1, -0.05) is 12.1 Å². The number of aliphatic imine (C=N–C) groups is 1. The van der Waals surface area contributed by atoms with E-state index in [2.05, 4.69) is 20.9 Å². The van der Waals surface area contributed by atoms with Gasteiger partial charge >= 0.3 is 0 Å². The molecule has 2 amide bonds. The zero-order valence-corrected chi connectivity index (χ0v) is 19.2. The van der Waals surface area contributed by atoms with Crippen LogP contribution in [-0.2, 0) is 6.42 Å². The molecule has 1 aromatic heterocycles. The van der Waals surface area contributed by atoms with E-state index in [-0.39, 0.29) is 41.6 Å². The minimum atomic E-state index is -0.248. The molecule has 0 saturated carbocycles. The topological polar surface area (TPSA) is 99.0 Å². The first kappa shape index (κ1) is 24.5. The molecule has 1 aromatic carbocycles. The molecule has 0 fully saturated rings. The number of hydrogen-bond acceptors (Lipinski definition) is 4. The average molecular weight is 513 g/mol. The van der Waals surface area contributed by atoms with Crippen molar-refractivity contribution >= 4 is 41.8 Å². The van der Waals surface area contributed by atoms with Crippen LogP contribution >= 0.6 is 24.0 Å². The SMILES string of the molecule is CN=C(NCCNC(=O)c1ccco1)NCCc1cccc(C(=O)N(C)C)c1.I. The smallest absolute Gasteiger partial charge is 0.287 e. The molecule has 0 aliphatic rings. The van der Waals surface area contributed by atoms with Crippen molar-refractivity contribution in [3.63, 3.8) is 0 Å². The highest BCUT2D eigenvalue weighted by Crippen LogP contribution is 2.07. The van der Waals surface area contributed by atoms with Crippen LogP contribution in [0.3, 0.4) is 0 Å². The van der Waals surface area contributed by atoms with Gasteiger partial charge in [0.05, 0.1) is 6.26 Å². The zero-order valence-electron chi connectivity index (χ0n) is 16.9. The maximum absolute atomic E-state index is 12.0. The lowest BCUT2D eigenvalue weighted by Gasteiger charge is -2.13. The van der Waals surface area contributed by atoms with Crippen LogP contribution in [0.25, 0.3) is 0 Å². The molecular weight excluding hydrogens is 485 g/mol. The summed E-state index contributed by atoms with van der Waals surface area (Å²) in [6, 6.07) is 10.9. The Kier molecular flexibility index (Phi) is 10.8. The summed E-state index contributed by atoms with van der Waals surface area (Å²) in [5, 5.41) is 9.11. The molecule has 0 aliphatic heterocycles. The van der Waals surface area contributed by atoms with E-state index < -0.39 is 0 Å². The Morgan fingerprint density at radius 2 is 1.76 bits per heavy atom. The Morgan fingerprint density at radius 1 is 1.03 bits per heavy atom. The summed E-state index contributed by atoms with van der Waals surface area (Å²) in [5.41, 5.74) is 1.75. The van der Waals surface area contributed by atoms with Crippen LogP contribution in [0.2, 0.25) is 0 Å². The van der Waals surface area contributed by atoms with E-state index in [1.807, 2.05) is 24.3 Å². The number of guanidine groups is 1. The molecule has 0 aliphatic carbocycles. The molecule has 0 atom stereocenters. The summed E-state index contributed by atoms with van der Waals surface area (Å²) in [6.45, 7) is 1.63. The Bertz CT molecular complexity index is 806. The predicted octanol–water partition coefficient (Wildman–Crippen LogP) is 1.74. The van der Waals surface area contributed by atoms with E-state index in [9.17, 15) is 9.59 Å². The monoisotopic (exact) mass is 513 g/mol. The number of benzene rings is 1. The average Bonchev–Trinajstić information content (AvgIpc) is 3.24. The van der Waals surface area contributed by atoms with Crippen molar-refractivity contribution in [3.8, 4) is 0 Å². The van der Waals surface area contributed by atoms with Gasteiger partial charge in [-0.05, 0) is 36.2 Å². The molecule has 158 valence electrons. The van der Waals surface area contributed by atoms with Crippen LogP contribution in [0.5, 0.6) is 0 Å². The molecule has 2 aromatic rings. The first-order valence-electron chi connectivity index (χ1n) is 9.08. The highest BCUT2D eigenvalue weighted by Gasteiger charge is 2.09. The second kappa shape index (κ2) is 12.8. The molecule has 9 heteroatoms. The van der Waals surface area contributed by atoms with E-state index in [4.69, 9.17) is 4.42 Å². The fraction of sp³-hybridized carbons (Fsp3) is 0.350. The van der Waals surface area contributed by atoms with Gasteiger partial charge in [-0.15, -0.1) is 24.0 Å². The van der Waals surface area contributed by atoms with Crippen molar-refractivity contribution in [2.24, 2.45) is 4.99 Å². The lowest BCUT2D eigenvalue weighted by Crippen LogP contribution is -2.42. The second-order valence-electron chi connectivity index (χ2n) is 6.31. The maximum Gasteiger partial charge on any atom is 0.287 e. The molecule has 0 bridgehead atoms. The molecular formula is C20H28IN5O3. The van der Waals surface area contributed by atoms with Gasteiger partial charge in [0.1, 0.15) is 0 Å². The Labute approximate surface area is 188 Å². The number of nitrogens with zero attached hydrogens (tertiary/aromatic N) is 2. The highest BCUT2D eigenvalue weighted by atomic mass is 127. The van der Waals surface area contributed by atoms with Crippen LogP contribution in [0.4, 0.5) is 0 Å². The van der Waals surface area contributed by atoms with E-state index in [1.165, 1.54) is 6.26 Å². The second-order valence-corrected chi connectivity index (χ2v) is 6.31. The molecule has 0 saturated heterocycles. The predicted molar refractivity (Wildman–Crippen MR) is 124 cm³/mol.